The minimum absolute atomic E-state index is 0.289. The van der Waals surface area contributed by atoms with Gasteiger partial charge in [-0.3, -0.25) is 9.78 Å². The predicted molar refractivity (Wildman–Crippen MR) is 97.9 cm³/mol. The number of benzene rings is 1. The zero-order chi connectivity index (χ0) is 19.7. The van der Waals surface area contributed by atoms with E-state index >= 15 is 0 Å². The molecule has 1 aromatic carbocycles. The smallest absolute Gasteiger partial charge is 0.267 e. The normalized spacial score (nSPS) is 18.4. The van der Waals surface area contributed by atoms with Gasteiger partial charge >= 0.3 is 0 Å². The van der Waals surface area contributed by atoms with E-state index in [-0.39, 0.29) is 5.56 Å². The lowest BCUT2D eigenvalue weighted by molar-refractivity contribution is 0.0117. The molecule has 0 saturated carbocycles. The van der Waals surface area contributed by atoms with Gasteiger partial charge in [0.1, 0.15) is 6.33 Å². The van der Waals surface area contributed by atoms with Gasteiger partial charge in [0.25, 0.3) is 11.8 Å². The van der Waals surface area contributed by atoms with Gasteiger partial charge in [-0.05, 0) is 24.1 Å². The average molecular weight is 383 g/mol. The molecule has 1 unspecified atom stereocenters. The van der Waals surface area contributed by atoms with Crippen molar-refractivity contribution in [1.82, 2.24) is 24.6 Å². The number of rotatable bonds is 4. The van der Waals surface area contributed by atoms with Crippen LogP contribution in [0.2, 0.25) is 0 Å². The molecule has 8 heteroatoms. The van der Waals surface area contributed by atoms with Gasteiger partial charge in [-0.2, -0.15) is 0 Å². The van der Waals surface area contributed by atoms with Gasteiger partial charge in [-0.15, -0.1) is 10.2 Å². The number of carbonyl (C=O) groups is 1. The molecule has 0 aliphatic carbocycles. The van der Waals surface area contributed by atoms with Crippen LogP contribution in [-0.4, -0.2) is 43.0 Å². The second-order valence-electron chi connectivity index (χ2n) is 7.06. The summed E-state index contributed by atoms with van der Waals surface area (Å²) in [7, 11) is 0. The van der Waals surface area contributed by atoms with Crippen LogP contribution in [0.15, 0.2) is 55.1 Å². The highest BCUT2D eigenvalue weighted by Crippen LogP contribution is 2.41. The molecule has 0 radical (unpaired) electrons. The zero-order valence-corrected chi connectivity index (χ0v) is 15.3. The van der Waals surface area contributed by atoms with Crippen LogP contribution in [0, 0.1) is 6.92 Å². The maximum Gasteiger partial charge on any atom is 0.267 e. The van der Waals surface area contributed by atoms with E-state index < -0.39 is 30.8 Å². The molecule has 1 aliphatic rings. The van der Waals surface area contributed by atoms with E-state index in [2.05, 4.69) is 15.2 Å². The number of likely N-dealkylation sites (tertiary alicyclic amines) is 1. The molecule has 144 valence electrons. The lowest BCUT2D eigenvalue weighted by Gasteiger charge is -2.24. The molecular formula is C20H19F2N5O. The molecule has 1 saturated heterocycles. The fourth-order valence-electron chi connectivity index (χ4n) is 3.52. The maximum absolute atomic E-state index is 14.3. The zero-order valence-electron chi connectivity index (χ0n) is 15.3. The molecule has 6 nitrogen and oxygen atoms in total. The lowest BCUT2D eigenvalue weighted by atomic mass is 10.1. The molecule has 4 rings (SSSR count). The summed E-state index contributed by atoms with van der Waals surface area (Å²) in [4.78, 5) is 18.1. The topological polar surface area (TPSA) is 63.9 Å². The van der Waals surface area contributed by atoms with Crippen molar-refractivity contribution in [3.05, 3.63) is 77.6 Å². The highest BCUT2D eigenvalue weighted by Gasteiger charge is 2.49. The summed E-state index contributed by atoms with van der Waals surface area (Å²) in [6.45, 7) is 1.60. The predicted octanol–water partition coefficient (Wildman–Crippen LogP) is 3.25. The van der Waals surface area contributed by atoms with Gasteiger partial charge in [0, 0.05) is 18.8 Å². The van der Waals surface area contributed by atoms with E-state index in [0.29, 0.717) is 12.4 Å². The van der Waals surface area contributed by atoms with Gasteiger partial charge in [0.15, 0.2) is 5.82 Å². The van der Waals surface area contributed by atoms with Crippen molar-refractivity contribution in [2.75, 3.05) is 6.54 Å². The largest absolute Gasteiger partial charge is 0.322 e. The number of hydrogen-bond donors (Lipinski definition) is 0. The minimum atomic E-state index is -2.99. The van der Waals surface area contributed by atoms with Crippen molar-refractivity contribution in [3.63, 3.8) is 0 Å². The highest BCUT2D eigenvalue weighted by molar-refractivity contribution is 5.94. The van der Waals surface area contributed by atoms with Crippen LogP contribution in [-0.2, 0) is 6.54 Å². The Morgan fingerprint density at radius 3 is 2.79 bits per heavy atom. The third-order valence-electron chi connectivity index (χ3n) is 4.79. The number of alkyl halides is 2. The molecule has 1 amide bonds. The van der Waals surface area contributed by atoms with Crippen molar-refractivity contribution >= 4 is 5.91 Å². The maximum atomic E-state index is 14.3. The first-order valence-electron chi connectivity index (χ1n) is 8.95. The monoisotopic (exact) mass is 383 g/mol. The summed E-state index contributed by atoms with van der Waals surface area (Å²) in [6, 6.07) is 10.4. The highest BCUT2D eigenvalue weighted by atomic mass is 19.3. The first-order chi connectivity index (χ1) is 13.4. The molecular weight excluding hydrogens is 364 g/mol. The Labute approximate surface area is 160 Å². The van der Waals surface area contributed by atoms with E-state index in [9.17, 15) is 13.6 Å². The fraction of sp³-hybridized carbons (Fsp3) is 0.300. The summed E-state index contributed by atoms with van der Waals surface area (Å²) in [5, 5.41) is 7.98. The van der Waals surface area contributed by atoms with Crippen LogP contribution in [0.5, 0.6) is 0 Å². The van der Waals surface area contributed by atoms with E-state index in [0.717, 1.165) is 11.1 Å². The van der Waals surface area contributed by atoms with Crippen molar-refractivity contribution in [2.24, 2.45) is 0 Å². The number of aryl methyl sites for hydroxylation is 1. The van der Waals surface area contributed by atoms with E-state index in [1.165, 1.54) is 17.4 Å². The molecule has 1 atom stereocenters. The average Bonchev–Trinajstić information content (AvgIpc) is 3.25. The molecule has 1 aliphatic heterocycles. The number of pyridine rings is 1. The van der Waals surface area contributed by atoms with Crippen LogP contribution >= 0.6 is 0 Å². The standard InChI is InChI=1S/C20H19F2N5O/c1-14-7-16(10-23-9-14)19(28)27-12-20(21,22)8-17(27)18-25-24-13-26(18)11-15-5-3-2-4-6-15/h2-7,9-10,13,17H,8,11-12H2,1H3. The van der Waals surface area contributed by atoms with Crippen molar-refractivity contribution in [1.29, 1.82) is 0 Å². The van der Waals surface area contributed by atoms with Gasteiger partial charge < -0.3 is 9.47 Å². The molecule has 2 aromatic heterocycles. The first kappa shape index (κ1) is 18.2. The second kappa shape index (κ2) is 7.10. The number of hydrogen-bond acceptors (Lipinski definition) is 4. The van der Waals surface area contributed by atoms with Gasteiger partial charge in [0.2, 0.25) is 0 Å². The number of amides is 1. The molecule has 3 aromatic rings. The Kier molecular flexibility index (Phi) is 4.62. The SMILES string of the molecule is Cc1cncc(C(=O)N2CC(F)(F)CC2c2nncn2Cc2ccccc2)c1. The van der Waals surface area contributed by atoms with Crippen molar-refractivity contribution < 1.29 is 13.6 Å². The molecule has 28 heavy (non-hydrogen) atoms. The summed E-state index contributed by atoms with van der Waals surface area (Å²) < 4.78 is 30.3. The number of aromatic nitrogens is 4. The Morgan fingerprint density at radius 1 is 1.25 bits per heavy atom. The Balaban J connectivity index is 1.66. The molecule has 0 spiro atoms. The number of halogens is 2. The summed E-state index contributed by atoms with van der Waals surface area (Å²) >= 11 is 0. The van der Waals surface area contributed by atoms with E-state index in [4.69, 9.17) is 0 Å². The van der Waals surface area contributed by atoms with Gasteiger partial charge in [-0.25, -0.2) is 8.78 Å². The first-order valence-corrected chi connectivity index (χ1v) is 8.95. The van der Waals surface area contributed by atoms with Gasteiger partial charge in [0.05, 0.1) is 24.7 Å². The Bertz CT molecular complexity index is 989. The van der Waals surface area contributed by atoms with Crippen molar-refractivity contribution in [3.8, 4) is 0 Å². The third kappa shape index (κ3) is 3.62. The van der Waals surface area contributed by atoms with Crippen LogP contribution in [0.4, 0.5) is 8.78 Å². The third-order valence-corrected chi connectivity index (χ3v) is 4.79. The summed E-state index contributed by atoms with van der Waals surface area (Å²) in [6.07, 6.45) is 4.04. The number of carbonyl (C=O) groups excluding carboxylic acids is 1. The van der Waals surface area contributed by atoms with Crippen LogP contribution in [0.1, 0.15) is 39.8 Å². The van der Waals surface area contributed by atoms with Gasteiger partial charge in [-0.1, -0.05) is 30.3 Å². The van der Waals surface area contributed by atoms with E-state index in [1.54, 1.807) is 23.8 Å². The lowest BCUT2D eigenvalue weighted by Crippen LogP contribution is -2.34. The quantitative estimate of drug-likeness (QED) is 0.694. The van der Waals surface area contributed by atoms with E-state index in [1.807, 2.05) is 30.3 Å². The molecule has 0 bridgehead atoms. The summed E-state index contributed by atoms with van der Waals surface area (Å²) in [5.74, 6) is -3.11. The minimum Gasteiger partial charge on any atom is -0.322 e. The molecule has 1 fully saturated rings. The van der Waals surface area contributed by atoms with Crippen LogP contribution < -0.4 is 0 Å². The molecule has 3 heterocycles. The molecule has 0 N–H and O–H groups in total. The Hall–Kier alpha value is -3.16. The Morgan fingerprint density at radius 2 is 2.04 bits per heavy atom. The number of nitrogens with zero attached hydrogens (tertiary/aromatic N) is 5. The van der Waals surface area contributed by atoms with Crippen LogP contribution in [0.3, 0.4) is 0 Å². The summed E-state index contributed by atoms with van der Waals surface area (Å²) in [5.41, 5.74) is 2.08. The fourth-order valence-corrected chi connectivity index (χ4v) is 3.52. The second-order valence-corrected chi connectivity index (χ2v) is 7.06. The van der Waals surface area contributed by atoms with Crippen molar-refractivity contribution in [2.45, 2.75) is 31.9 Å². The van der Waals surface area contributed by atoms with Crippen LogP contribution in [0.25, 0.3) is 0 Å².